The summed E-state index contributed by atoms with van der Waals surface area (Å²) >= 11 is 1.61. The van der Waals surface area contributed by atoms with E-state index in [2.05, 4.69) is 15.5 Å². The number of carbonyl (C=O) groups is 2. The lowest BCUT2D eigenvalue weighted by Gasteiger charge is -2.26. The normalized spacial score (nSPS) is 16.2. The minimum atomic E-state index is -0.692. The van der Waals surface area contributed by atoms with Gasteiger partial charge in [0.2, 0.25) is 5.91 Å². The summed E-state index contributed by atoms with van der Waals surface area (Å²) in [6.45, 7) is 4.16. The van der Waals surface area contributed by atoms with Gasteiger partial charge in [-0.3, -0.25) is 9.69 Å². The number of hydrogen-bond acceptors (Lipinski definition) is 5. The van der Waals surface area contributed by atoms with Gasteiger partial charge in [0.15, 0.2) is 0 Å². The lowest BCUT2D eigenvalue weighted by Crippen LogP contribution is -2.46. The topological polar surface area (TPSA) is 96.7 Å². The molecule has 0 bridgehead atoms. The number of benzene rings is 1. The van der Waals surface area contributed by atoms with Crippen LogP contribution in [-0.2, 0) is 16.1 Å². The highest BCUT2D eigenvalue weighted by molar-refractivity contribution is 7.98. The molecule has 1 aromatic rings. The van der Waals surface area contributed by atoms with E-state index in [1.807, 2.05) is 30.5 Å². The Morgan fingerprint density at radius 1 is 1.36 bits per heavy atom. The fourth-order valence-corrected chi connectivity index (χ4v) is 3.14. The minimum Gasteiger partial charge on any atom is -0.379 e. The fourth-order valence-electron chi connectivity index (χ4n) is 2.67. The molecule has 0 spiro atoms. The number of thioether (sulfide) groups is 1. The number of nitrogens with zero attached hydrogens (tertiary/aromatic N) is 1. The van der Waals surface area contributed by atoms with E-state index in [1.165, 1.54) is 0 Å². The zero-order valence-electron chi connectivity index (χ0n) is 14.5. The molecule has 4 N–H and O–H groups in total. The average molecular weight is 366 g/mol. The molecule has 1 aliphatic rings. The third-order valence-corrected chi connectivity index (χ3v) is 4.59. The number of urea groups is 1. The zero-order valence-corrected chi connectivity index (χ0v) is 15.3. The first kappa shape index (κ1) is 19.6. The standard InChI is InChI=1S/C17H26N4O3S/c1-25-10-5-15(20-17(18)23)16(22)19-14-4-2-3-13(11-14)12-21-6-8-24-9-7-21/h2-4,11,15H,5-10,12H2,1H3,(H,19,22)(H3,18,20,23)/t15-/m0/s1. The van der Waals surface area contributed by atoms with Crippen molar-refractivity contribution in [2.45, 2.75) is 19.0 Å². The smallest absolute Gasteiger partial charge is 0.312 e. The highest BCUT2D eigenvalue weighted by Crippen LogP contribution is 2.14. The second-order valence-electron chi connectivity index (χ2n) is 5.92. The van der Waals surface area contributed by atoms with Gasteiger partial charge in [0, 0.05) is 25.3 Å². The summed E-state index contributed by atoms with van der Waals surface area (Å²) in [5.74, 6) is 0.506. The summed E-state index contributed by atoms with van der Waals surface area (Å²) in [4.78, 5) is 25.9. The first-order valence-electron chi connectivity index (χ1n) is 8.33. The maximum Gasteiger partial charge on any atom is 0.312 e. The summed E-state index contributed by atoms with van der Waals surface area (Å²) < 4.78 is 5.36. The SMILES string of the molecule is CSCC[C@H](NC(N)=O)C(=O)Nc1cccc(CN2CCOCC2)c1. The van der Waals surface area contributed by atoms with Gasteiger partial charge >= 0.3 is 6.03 Å². The van der Waals surface area contributed by atoms with E-state index in [-0.39, 0.29) is 5.91 Å². The van der Waals surface area contributed by atoms with Crippen LogP contribution in [0.4, 0.5) is 10.5 Å². The second-order valence-corrected chi connectivity index (χ2v) is 6.91. The van der Waals surface area contributed by atoms with Gasteiger partial charge in [-0.15, -0.1) is 0 Å². The van der Waals surface area contributed by atoms with Gasteiger partial charge in [0.25, 0.3) is 0 Å². The van der Waals surface area contributed by atoms with Crippen molar-refractivity contribution in [1.82, 2.24) is 10.2 Å². The summed E-state index contributed by atoms with van der Waals surface area (Å²) in [5.41, 5.74) is 7.02. The van der Waals surface area contributed by atoms with Crippen molar-refractivity contribution in [3.8, 4) is 0 Å². The summed E-state index contributed by atoms with van der Waals surface area (Å²) in [5, 5.41) is 5.38. The summed E-state index contributed by atoms with van der Waals surface area (Å²) in [6, 6.07) is 6.44. The van der Waals surface area contributed by atoms with Crippen LogP contribution in [0.2, 0.25) is 0 Å². The van der Waals surface area contributed by atoms with Crippen LogP contribution < -0.4 is 16.4 Å². The predicted octanol–water partition coefficient (Wildman–Crippen LogP) is 1.25. The molecule has 0 aromatic heterocycles. The first-order chi connectivity index (χ1) is 12.1. The number of ether oxygens (including phenoxy) is 1. The van der Waals surface area contributed by atoms with E-state index in [0.717, 1.165) is 49.9 Å². The van der Waals surface area contributed by atoms with Crippen molar-refractivity contribution < 1.29 is 14.3 Å². The molecule has 0 unspecified atom stereocenters. The van der Waals surface area contributed by atoms with Crippen molar-refractivity contribution in [2.24, 2.45) is 5.73 Å². The number of nitrogens with two attached hydrogens (primary N) is 1. The Kier molecular flexibility index (Phi) is 8.03. The van der Waals surface area contributed by atoms with Crippen molar-refractivity contribution in [3.05, 3.63) is 29.8 Å². The third-order valence-electron chi connectivity index (χ3n) is 3.95. The Hall–Kier alpha value is -1.77. The maximum atomic E-state index is 12.4. The molecule has 2 rings (SSSR count). The molecule has 25 heavy (non-hydrogen) atoms. The van der Waals surface area contributed by atoms with Crippen LogP contribution in [0, 0.1) is 0 Å². The van der Waals surface area contributed by atoms with Gasteiger partial charge in [0.05, 0.1) is 13.2 Å². The van der Waals surface area contributed by atoms with Gasteiger partial charge < -0.3 is 21.1 Å². The van der Waals surface area contributed by atoms with Crippen LogP contribution >= 0.6 is 11.8 Å². The molecule has 1 fully saturated rings. The monoisotopic (exact) mass is 366 g/mol. The van der Waals surface area contributed by atoms with Gasteiger partial charge in [-0.2, -0.15) is 11.8 Å². The number of amides is 3. The van der Waals surface area contributed by atoms with E-state index in [1.54, 1.807) is 11.8 Å². The van der Waals surface area contributed by atoms with Gasteiger partial charge in [0.1, 0.15) is 6.04 Å². The lowest BCUT2D eigenvalue weighted by atomic mass is 10.1. The molecule has 1 heterocycles. The van der Waals surface area contributed by atoms with Crippen molar-refractivity contribution in [2.75, 3.05) is 43.6 Å². The molecular weight excluding hydrogens is 340 g/mol. The van der Waals surface area contributed by atoms with E-state index in [0.29, 0.717) is 6.42 Å². The average Bonchev–Trinajstić information content (AvgIpc) is 2.59. The van der Waals surface area contributed by atoms with Crippen molar-refractivity contribution in [1.29, 1.82) is 0 Å². The number of primary amides is 1. The van der Waals surface area contributed by atoms with Crippen LogP contribution in [0.25, 0.3) is 0 Å². The predicted molar refractivity (Wildman–Crippen MR) is 101 cm³/mol. The number of rotatable bonds is 8. The molecule has 1 aliphatic heterocycles. The van der Waals surface area contributed by atoms with Gasteiger partial charge in [-0.1, -0.05) is 12.1 Å². The first-order valence-corrected chi connectivity index (χ1v) is 9.72. The number of nitrogens with one attached hydrogen (secondary N) is 2. The Balaban J connectivity index is 1.96. The van der Waals surface area contributed by atoms with Crippen LogP contribution in [0.1, 0.15) is 12.0 Å². The van der Waals surface area contributed by atoms with E-state index in [9.17, 15) is 9.59 Å². The quantitative estimate of drug-likeness (QED) is 0.643. The van der Waals surface area contributed by atoms with Gasteiger partial charge in [-0.05, 0) is 36.1 Å². The van der Waals surface area contributed by atoms with Gasteiger partial charge in [-0.25, -0.2) is 4.79 Å². The number of carbonyl (C=O) groups excluding carboxylic acids is 2. The molecule has 0 saturated carbocycles. The molecule has 1 saturated heterocycles. The van der Waals surface area contributed by atoms with E-state index >= 15 is 0 Å². The molecule has 3 amide bonds. The fraction of sp³-hybridized carbons (Fsp3) is 0.529. The van der Waals surface area contributed by atoms with E-state index in [4.69, 9.17) is 10.5 Å². The second kappa shape index (κ2) is 10.3. The van der Waals surface area contributed by atoms with Crippen LogP contribution in [0.5, 0.6) is 0 Å². The Bertz CT molecular complexity index is 579. The minimum absolute atomic E-state index is 0.253. The number of morpholine rings is 1. The zero-order chi connectivity index (χ0) is 18.1. The molecule has 1 aromatic carbocycles. The van der Waals surface area contributed by atoms with Crippen LogP contribution in [0.3, 0.4) is 0 Å². The number of hydrogen-bond donors (Lipinski definition) is 3. The highest BCUT2D eigenvalue weighted by atomic mass is 32.2. The highest BCUT2D eigenvalue weighted by Gasteiger charge is 2.19. The number of anilines is 1. The molecule has 1 atom stereocenters. The largest absolute Gasteiger partial charge is 0.379 e. The molecule has 7 nitrogen and oxygen atoms in total. The van der Waals surface area contributed by atoms with Crippen molar-refractivity contribution in [3.63, 3.8) is 0 Å². The summed E-state index contributed by atoms with van der Waals surface area (Å²) in [6.07, 6.45) is 2.48. The maximum absolute atomic E-state index is 12.4. The van der Waals surface area contributed by atoms with Crippen LogP contribution in [-0.4, -0.2) is 61.2 Å². The van der Waals surface area contributed by atoms with Crippen molar-refractivity contribution >= 4 is 29.4 Å². The Labute approximate surface area is 152 Å². The molecular formula is C17H26N4O3S. The Morgan fingerprint density at radius 3 is 2.80 bits per heavy atom. The molecule has 0 aliphatic carbocycles. The molecule has 138 valence electrons. The van der Waals surface area contributed by atoms with E-state index < -0.39 is 12.1 Å². The molecule has 8 heteroatoms. The lowest BCUT2D eigenvalue weighted by molar-refractivity contribution is -0.117. The molecule has 0 radical (unpaired) electrons. The summed E-state index contributed by atoms with van der Waals surface area (Å²) in [7, 11) is 0. The van der Waals surface area contributed by atoms with Crippen LogP contribution in [0.15, 0.2) is 24.3 Å². The Morgan fingerprint density at radius 2 is 2.12 bits per heavy atom. The third kappa shape index (κ3) is 6.93.